The quantitative estimate of drug-likeness (QED) is 0.112. The maximum atomic E-state index is 11.4. The van der Waals surface area contributed by atoms with Crippen LogP contribution in [-0.4, -0.2) is 23.3 Å². The molecule has 0 aliphatic rings. The van der Waals surface area contributed by atoms with Gasteiger partial charge in [0.1, 0.15) is 5.75 Å². The first kappa shape index (κ1) is 33.8. The Hall–Kier alpha value is -5.12. The molecule has 0 aliphatic heterocycles. The van der Waals surface area contributed by atoms with Crippen LogP contribution < -0.4 is 9.64 Å². The summed E-state index contributed by atoms with van der Waals surface area (Å²) < 4.78 is 5.48. The molecule has 2 N–H and O–H groups in total. The average molecular weight is 615 g/mol. The van der Waals surface area contributed by atoms with Crippen LogP contribution in [0.25, 0.3) is 23.1 Å². The van der Waals surface area contributed by atoms with Crippen LogP contribution in [0.15, 0.2) is 90.6 Å². The topological polar surface area (TPSA) is 74.4 Å². The van der Waals surface area contributed by atoms with E-state index in [4.69, 9.17) is 11.3 Å². The van der Waals surface area contributed by atoms with Crippen molar-refractivity contribution in [3.63, 3.8) is 0 Å². The summed E-state index contributed by atoms with van der Waals surface area (Å²) in [6.45, 7) is 20.2. The Kier molecular flexibility index (Phi) is 10.2. The van der Waals surface area contributed by atoms with E-state index in [2.05, 4.69) is 112 Å². The van der Waals surface area contributed by atoms with E-state index in [1.54, 1.807) is 12.1 Å². The van der Waals surface area contributed by atoms with Crippen LogP contribution in [0.5, 0.6) is 5.75 Å². The normalized spacial score (nSPS) is 12.2. The van der Waals surface area contributed by atoms with E-state index >= 15 is 0 Å². The number of aliphatic hydroxyl groups excluding tert-OH is 1. The van der Waals surface area contributed by atoms with Crippen LogP contribution in [0.3, 0.4) is 0 Å². The highest BCUT2D eigenvalue weighted by Crippen LogP contribution is 2.37. The number of anilines is 3. The van der Waals surface area contributed by atoms with Crippen molar-refractivity contribution in [3.05, 3.63) is 135 Å². The summed E-state index contributed by atoms with van der Waals surface area (Å²) in [4.78, 5) is 16.7. The summed E-state index contributed by atoms with van der Waals surface area (Å²) in [7, 11) is 1.48. The van der Waals surface area contributed by atoms with Crippen LogP contribution in [0.1, 0.15) is 74.9 Å². The van der Waals surface area contributed by atoms with Crippen molar-refractivity contribution in [1.82, 2.24) is 0 Å². The minimum atomic E-state index is -1.32. The van der Waals surface area contributed by atoms with E-state index in [0.29, 0.717) is 16.9 Å². The SMILES string of the molecule is [C-]#[N+]/C(=C\c1cc(CO)c(/C=C/c2ccc(N(c3ccc(C(C)(C)C)cc3)c3ccc(C(C)(C)C)cc3)cc2)cc1OC)C(=O)O. The summed E-state index contributed by atoms with van der Waals surface area (Å²) >= 11 is 0. The molecule has 0 saturated heterocycles. The summed E-state index contributed by atoms with van der Waals surface area (Å²) in [5.74, 6) is -0.919. The van der Waals surface area contributed by atoms with Gasteiger partial charge in [-0.1, -0.05) is 90.1 Å². The van der Waals surface area contributed by atoms with E-state index in [0.717, 1.165) is 28.2 Å². The van der Waals surface area contributed by atoms with Crippen molar-refractivity contribution in [2.24, 2.45) is 0 Å². The molecule has 0 atom stereocenters. The maximum Gasteiger partial charge on any atom is 0.333 e. The van der Waals surface area contributed by atoms with Crippen molar-refractivity contribution in [1.29, 1.82) is 0 Å². The molecule has 0 saturated carbocycles. The van der Waals surface area contributed by atoms with E-state index in [1.807, 2.05) is 24.3 Å². The maximum absolute atomic E-state index is 11.4. The fraction of sp³-hybridized carbons (Fsp3) is 0.250. The van der Waals surface area contributed by atoms with Gasteiger partial charge in [-0.05, 0) is 93.3 Å². The van der Waals surface area contributed by atoms with Gasteiger partial charge in [-0.25, -0.2) is 4.85 Å². The molecule has 46 heavy (non-hydrogen) atoms. The highest BCUT2D eigenvalue weighted by atomic mass is 16.5. The van der Waals surface area contributed by atoms with Crippen LogP contribution in [-0.2, 0) is 22.2 Å². The lowest BCUT2D eigenvalue weighted by Gasteiger charge is -2.28. The van der Waals surface area contributed by atoms with Crippen molar-refractivity contribution in [2.75, 3.05) is 12.0 Å². The van der Waals surface area contributed by atoms with Crippen molar-refractivity contribution >= 4 is 41.3 Å². The third-order valence-electron chi connectivity index (χ3n) is 7.88. The smallest absolute Gasteiger partial charge is 0.333 e. The number of methoxy groups -OCH3 is 1. The van der Waals surface area contributed by atoms with E-state index < -0.39 is 11.7 Å². The Morgan fingerprint density at radius 1 is 0.783 bits per heavy atom. The molecule has 236 valence electrons. The van der Waals surface area contributed by atoms with E-state index in [1.165, 1.54) is 24.3 Å². The van der Waals surface area contributed by atoms with Gasteiger partial charge < -0.3 is 19.8 Å². The molecular weight excluding hydrogens is 572 g/mol. The average Bonchev–Trinajstić information content (AvgIpc) is 3.02. The lowest BCUT2D eigenvalue weighted by molar-refractivity contribution is -0.132. The van der Waals surface area contributed by atoms with Gasteiger partial charge in [0.2, 0.25) is 0 Å². The number of aliphatic hydroxyl groups is 1. The predicted molar refractivity (Wildman–Crippen MR) is 189 cm³/mol. The molecule has 4 aromatic rings. The minimum absolute atomic E-state index is 0.0573. The van der Waals surface area contributed by atoms with Crippen LogP contribution >= 0.6 is 0 Å². The Labute approximate surface area is 272 Å². The Morgan fingerprint density at radius 3 is 1.65 bits per heavy atom. The number of carboxylic acid groups (broad SMARTS) is 1. The number of carbonyl (C=O) groups is 1. The Morgan fingerprint density at radius 2 is 1.26 bits per heavy atom. The van der Waals surface area contributed by atoms with Crippen molar-refractivity contribution in [2.45, 2.75) is 59.0 Å². The highest BCUT2D eigenvalue weighted by molar-refractivity contribution is 5.94. The Bertz CT molecular complexity index is 1720. The monoisotopic (exact) mass is 614 g/mol. The van der Waals surface area contributed by atoms with Crippen molar-refractivity contribution < 1.29 is 19.7 Å². The second kappa shape index (κ2) is 13.9. The molecule has 0 heterocycles. The van der Waals surface area contributed by atoms with Crippen molar-refractivity contribution in [3.8, 4) is 5.75 Å². The number of rotatable bonds is 9. The molecule has 0 aliphatic carbocycles. The zero-order valence-corrected chi connectivity index (χ0v) is 27.6. The third kappa shape index (κ3) is 7.93. The molecule has 0 amide bonds. The fourth-order valence-corrected chi connectivity index (χ4v) is 5.12. The first-order valence-electron chi connectivity index (χ1n) is 15.2. The molecule has 4 rings (SSSR count). The number of benzene rings is 4. The number of hydrogen-bond donors (Lipinski definition) is 2. The van der Waals surface area contributed by atoms with E-state index in [-0.39, 0.29) is 17.4 Å². The molecule has 6 heteroatoms. The predicted octanol–water partition coefficient (Wildman–Crippen LogP) is 9.77. The second-order valence-electron chi connectivity index (χ2n) is 13.3. The molecule has 0 bridgehead atoms. The van der Waals surface area contributed by atoms with Gasteiger partial charge in [-0.3, -0.25) is 4.79 Å². The second-order valence-corrected chi connectivity index (χ2v) is 13.3. The lowest BCUT2D eigenvalue weighted by atomic mass is 9.86. The number of aliphatic carboxylic acids is 1. The van der Waals surface area contributed by atoms with Crippen LogP contribution in [0, 0.1) is 6.57 Å². The summed E-state index contributed by atoms with van der Waals surface area (Å²) in [5.41, 5.74) is 8.06. The largest absolute Gasteiger partial charge is 0.496 e. The molecule has 6 nitrogen and oxygen atoms in total. The number of ether oxygens (including phenoxy) is 1. The van der Waals surface area contributed by atoms with Gasteiger partial charge in [0.05, 0.1) is 20.3 Å². The Balaban J connectivity index is 1.69. The van der Waals surface area contributed by atoms with Gasteiger partial charge in [-0.2, -0.15) is 0 Å². The van der Waals surface area contributed by atoms with Gasteiger partial charge in [-0.15, -0.1) is 0 Å². The zero-order valence-electron chi connectivity index (χ0n) is 27.6. The van der Waals surface area contributed by atoms with Crippen LogP contribution in [0.4, 0.5) is 17.1 Å². The third-order valence-corrected chi connectivity index (χ3v) is 7.88. The van der Waals surface area contributed by atoms with Crippen LogP contribution in [0.2, 0.25) is 0 Å². The number of nitrogens with zero attached hydrogens (tertiary/aromatic N) is 2. The minimum Gasteiger partial charge on any atom is -0.496 e. The summed E-state index contributed by atoms with van der Waals surface area (Å²) in [6.07, 6.45) is 5.09. The van der Waals surface area contributed by atoms with Gasteiger partial charge in [0, 0.05) is 22.6 Å². The summed E-state index contributed by atoms with van der Waals surface area (Å²) in [5, 5.41) is 19.3. The zero-order chi connectivity index (χ0) is 33.6. The highest BCUT2D eigenvalue weighted by Gasteiger charge is 2.18. The van der Waals surface area contributed by atoms with Gasteiger partial charge >= 0.3 is 5.97 Å². The molecule has 4 aromatic carbocycles. The molecule has 0 unspecified atom stereocenters. The number of carboxylic acids is 1. The molecule has 0 spiro atoms. The summed E-state index contributed by atoms with van der Waals surface area (Å²) in [6, 6.07) is 29.1. The van der Waals surface area contributed by atoms with Gasteiger partial charge in [0.25, 0.3) is 5.70 Å². The standard InChI is InChI=1S/C40H42N2O4/c1-39(2,3)31-13-19-34(20-14-31)42(35-21-15-32(16-22-35)40(4,5)6)33-17-10-27(11-18-33)9-12-28-25-37(46-8)29(23-30(28)26-43)24-36(41-7)38(44)45/h9-25,43H,26H2,1-6,8H3,(H,44,45)/b12-9+,36-24-. The molecule has 0 radical (unpaired) electrons. The molecular formula is C40H42N2O4. The number of hydrogen-bond acceptors (Lipinski definition) is 4. The van der Waals surface area contributed by atoms with Gasteiger partial charge in [0.15, 0.2) is 0 Å². The fourth-order valence-electron chi connectivity index (χ4n) is 5.12. The lowest BCUT2D eigenvalue weighted by Crippen LogP contribution is -2.14. The molecule has 0 fully saturated rings. The first-order valence-corrected chi connectivity index (χ1v) is 15.2. The molecule has 0 aromatic heterocycles. The van der Waals surface area contributed by atoms with E-state index in [9.17, 15) is 15.0 Å². The first-order chi connectivity index (χ1) is 21.7.